The van der Waals surface area contributed by atoms with Crippen LogP contribution in [0.15, 0.2) is 24.3 Å². The SMILES string of the molecule is CC(C(=O)Nc1ccc(F)cc1)S(=O)(=O)CCC#N. The number of hydrogen-bond acceptors (Lipinski definition) is 4. The van der Waals surface area contributed by atoms with E-state index in [2.05, 4.69) is 5.32 Å². The number of anilines is 1. The van der Waals surface area contributed by atoms with E-state index in [9.17, 15) is 17.6 Å². The van der Waals surface area contributed by atoms with Crippen LogP contribution in [0.2, 0.25) is 0 Å². The smallest absolute Gasteiger partial charge is 0.242 e. The zero-order valence-electron chi connectivity index (χ0n) is 10.3. The summed E-state index contributed by atoms with van der Waals surface area (Å²) in [5, 5.41) is 9.49. The van der Waals surface area contributed by atoms with Crippen LogP contribution in [0, 0.1) is 17.1 Å². The number of benzene rings is 1. The van der Waals surface area contributed by atoms with Gasteiger partial charge in [0.15, 0.2) is 9.84 Å². The van der Waals surface area contributed by atoms with Gasteiger partial charge in [-0.05, 0) is 31.2 Å². The van der Waals surface area contributed by atoms with Crippen LogP contribution in [-0.2, 0) is 14.6 Å². The van der Waals surface area contributed by atoms with Crippen LogP contribution >= 0.6 is 0 Å². The number of hydrogen-bond donors (Lipinski definition) is 1. The van der Waals surface area contributed by atoms with Gasteiger partial charge in [-0.15, -0.1) is 0 Å². The molecule has 1 aromatic carbocycles. The summed E-state index contributed by atoms with van der Waals surface area (Å²) in [7, 11) is -3.66. The van der Waals surface area contributed by atoms with Crippen molar-refractivity contribution in [2.24, 2.45) is 0 Å². The fraction of sp³-hybridized carbons (Fsp3) is 0.333. The van der Waals surface area contributed by atoms with Crippen molar-refractivity contribution in [1.82, 2.24) is 0 Å². The zero-order chi connectivity index (χ0) is 14.5. The van der Waals surface area contributed by atoms with Crippen molar-refractivity contribution in [3.63, 3.8) is 0 Å². The van der Waals surface area contributed by atoms with Gasteiger partial charge in [-0.1, -0.05) is 0 Å². The summed E-state index contributed by atoms with van der Waals surface area (Å²) >= 11 is 0. The molecule has 1 unspecified atom stereocenters. The fourth-order valence-electron chi connectivity index (χ4n) is 1.30. The largest absolute Gasteiger partial charge is 0.325 e. The number of sulfone groups is 1. The lowest BCUT2D eigenvalue weighted by Gasteiger charge is -2.12. The molecule has 0 aliphatic carbocycles. The second-order valence-electron chi connectivity index (χ2n) is 3.91. The van der Waals surface area contributed by atoms with Crippen molar-refractivity contribution in [2.45, 2.75) is 18.6 Å². The number of nitrogens with zero attached hydrogens (tertiary/aromatic N) is 1. The Morgan fingerprint density at radius 1 is 1.42 bits per heavy atom. The van der Waals surface area contributed by atoms with Crippen LogP contribution in [0.25, 0.3) is 0 Å². The fourth-order valence-corrected chi connectivity index (χ4v) is 2.42. The van der Waals surface area contributed by atoms with Gasteiger partial charge in [-0.3, -0.25) is 4.79 Å². The third-order valence-electron chi connectivity index (χ3n) is 2.52. The van der Waals surface area contributed by atoms with Crippen LogP contribution in [0.5, 0.6) is 0 Å². The molecule has 1 rings (SSSR count). The van der Waals surface area contributed by atoms with Crippen molar-refractivity contribution in [3.05, 3.63) is 30.1 Å². The molecule has 0 aromatic heterocycles. The topological polar surface area (TPSA) is 87.0 Å². The van der Waals surface area contributed by atoms with E-state index in [0.717, 1.165) is 12.1 Å². The number of rotatable bonds is 5. The monoisotopic (exact) mass is 284 g/mol. The summed E-state index contributed by atoms with van der Waals surface area (Å²) in [6, 6.07) is 6.71. The molecule has 0 heterocycles. The van der Waals surface area contributed by atoms with Gasteiger partial charge in [0.05, 0.1) is 11.8 Å². The molecule has 19 heavy (non-hydrogen) atoms. The standard InChI is InChI=1S/C12H13FN2O3S/c1-9(19(17,18)8-2-7-14)12(16)15-11-5-3-10(13)4-6-11/h3-6,9H,2,8H2,1H3,(H,15,16). The van der Waals surface area contributed by atoms with Crippen molar-refractivity contribution in [1.29, 1.82) is 5.26 Å². The highest BCUT2D eigenvalue weighted by Gasteiger charge is 2.27. The first kappa shape index (κ1) is 15.1. The van der Waals surface area contributed by atoms with Gasteiger partial charge in [-0.25, -0.2) is 12.8 Å². The Labute approximate surface area is 111 Å². The summed E-state index contributed by atoms with van der Waals surface area (Å²) in [6.45, 7) is 1.26. The van der Waals surface area contributed by atoms with Crippen molar-refractivity contribution in [3.8, 4) is 6.07 Å². The highest BCUT2D eigenvalue weighted by molar-refractivity contribution is 7.92. The minimum atomic E-state index is -3.66. The molecule has 7 heteroatoms. The van der Waals surface area contributed by atoms with Crippen LogP contribution in [0.1, 0.15) is 13.3 Å². The molecule has 102 valence electrons. The average molecular weight is 284 g/mol. The molecular weight excluding hydrogens is 271 g/mol. The quantitative estimate of drug-likeness (QED) is 0.887. The maximum absolute atomic E-state index is 12.7. The first-order chi connectivity index (χ1) is 8.86. The highest BCUT2D eigenvalue weighted by atomic mass is 32.2. The molecule has 1 aromatic rings. The Morgan fingerprint density at radius 3 is 2.53 bits per heavy atom. The van der Waals surface area contributed by atoms with E-state index < -0.39 is 26.8 Å². The summed E-state index contributed by atoms with van der Waals surface area (Å²) < 4.78 is 36.1. The molecule has 1 amide bonds. The van der Waals surface area contributed by atoms with Crippen molar-refractivity contribution < 1.29 is 17.6 Å². The van der Waals surface area contributed by atoms with E-state index in [1.165, 1.54) is 19.1 Å². The Balaban J connectivity index is 2.73. The molecule has 0 aliphatic heterocycles. The normalized spacial score (nSPS) is 12.5. The van der Waals surface area contributed by atoms with Gasteiger partial charge in [0.2, 0.25) is 5.91 Å². The van der Waals surface area contributed by atoms with Crippen LogP contribution in [-0.4, -0.2) is 25.3 Å². The van der Waals surface area contributed by atoms with E-state index in [-0.39, 0.29) is 12.2 Å². The van der Waals surface area contributed by atoms with Gasteiger partial charge in [0.25, 0.3) is 0 Å². The van der Waals surface area contributed by atoms with Gasteiger partial charge in [0.1, 0.15) is 11.1 Å². The molecule has 1 N–H and O–H groups in total. The van der Waals surface area contributed by atoms with Gasteiger partial charge < -0.3 is 5.32 Å². The molecule has 0 saturated carbocycles. The zero-order valence-corrected chi connectivity index (χ0v) is 11.1. The summed E-state index contributed by atoms with van der Waals surface area (Å²) in [5.41, 5.74) is 0.314. The summed E-state index contributed by atoms with van der Waals surface area (Å²) in [6.07, 6.45) is -0.156. The molecule has 5 nitrogen and oxygen atoms in total. The molecule has 1 atom stereocenters. The Bertz CT molecular complexity index is 590. The first-order valence-electron chi connectivity index (χ1n) is 5.52. The first-order valence-corrected chi connectivity index (χ1v) is 7.23. The van der Waals surface area contributed by atoms with E-state index in [4.69, 9.17) is 5.26 Å². The minimum absolute atomic E-state index is 0.156. The van der Waals surface area contributed by atoms with Crippen molar-refractivity contribution in [2.75, 3.05) is 11.1 Å². The molecule has 0 fully saturated rings. The third kappa shape index (κ3) is 4.34. The number of carbonyl (C=O) groups is 1. The molecule has 0 radical (unpaired) electrons. The average Bonchev–Trinajstić information content (AvgIpc) is 2.38. The lowest BCUT2D eigenvalue weighted by molar-refractivity contribution is -0.115. The molecule has 0 saturated heterocycles. The molecule has 0 bridgehead atoms. The van der Waals surface area contributed by atoms with Crippen LogP contribution < -0.4 is 5.32 Å². The van der Waals surface area contributed by atoms with E-state index >= 15 is 0 Å². The Kier molecular flexibility index (Phi) is 5.01. The van der Waals surface area contributed by atoms with E-state index in [0.29, 0.717) is 5.69 Å². The number of nitriles is 1. The maximum Gasteiger partial charge on any atom is 0.242 e. The highest BCUT2D eigenvalue weighted by Crippen LogP contribution is 2.11. The molecule has 0 spiro atoms. The number of carbonyl (C=O) groups excluding carboxylic acids is 1. The van der Waals surface area contributed by atoms with Gasteiger partial charge in [-0.2, -0.15) is 5.26 Å². The van der Waals surface area contributed by atoms with E-state index in [1.54, 1.807) is 6.07 Å². The maximum atomic E-state index is 12.7. The van der Waals surface area contributed by atoms with Crippen LogP contribution in [0.3, 0.4) is 0 Å². The van der Waals surface area contributed by atoms with Gasteiger partial charge in [0, 0.05) is 12.1 Å². The number of halogens is 1. The van der Waals surface area contributed by atoms with Crippen molar-refractivity contribution >= 4 is 21.4 Å². The predicted octanol–water partition coefficient (Wildman–Crippen LogP) is 1.48. The lowest BCUT2D eigenvalue weighted by atomic mass is 10.3. The summed E-state index contributed by atoms with van der Waals surface area (Å²) in [5.74, 6) is -1.51. The van der Waals surface area contributed by atoms with E-state index in [1.807, 2.05) is 0 Å². The van der Waals surface area contributed by atoms with Crippen LogP contribution in [0.4, 0.5) is 10.1 Å². The number of nitrogens with one attached hydrogen (secondary N) is 1. The second kappa shape index (κ2) is 6.29. The summed E-state index contributed by atoms with van der Waals surface area (Å²) in [4.78, 5) is 11.7. The Morgan fingerprint density at radius 2 is 2.00 bits per heavy atom. The lowest BCUT2D eigenvalue weighted by Crippen LogP contribution is -2.34. The minimum Gasteiger partial charge on any atom is -0.325 e. The second-order valence-corrected chi connectivity index (χ2v) is 6.35. The Hall–Kier alpha value is -1.94. The molecule has 0 aliphatic rings. The van der Waals surface area contributed by atoms with Gasteiger partial charge >= 0.3 is 0 Å². The third-order valence-corrected chi connectivity index (χ3v) is 4.58. The number of amides is 1. The predicted molar refractivity (Wildman–Crippen MR) is 68.5 cm³/mol. The molecular formula is C12H13FN2O3S.